The normalized spacial score (nSPS) is 12.7. The fourth-order valence-corrected chi connectivity index (χ4v) is 4.82. The molecule has 0 spiro atoms. The van der Waals surface area contributed by atoms with E-state index in [4.69, 9.17) is 5.73 Å². The molecule has 1 unspecified atom stereocenters. The lowest BCUT2D eigenvalue weighted by molar-refractivity contribution is -0.118. The molecule has 2 aromatic carbocycles. The molecule has 35 heavy (non-hydrogen) atoms. The second-order valence-electron chi connectivity index (χ2n) is 8.26. The van der Waals surface area contributed by atoms with Crippen LogP contribution >= 0.6 is 11.3 Å². The van der Waals surface area contributed by atoms with E-state index in [1.807, 2.05) is 50.2 Å². The molecule has 6 nitrogen and oxygen atoms in total. The SMILES string of the molecule is C=N/C=C\C=C(/Cc1ccc(-c2ccc3ncnc(N)c3c2)s1)C(=O)NC(C)c1cccc(C)c1. The maximum atomic E-state index is 13.2. The molecule has 176 valence electrons. The second-order valence-corrected chi connectivity index (χ2v) is 9.43. The highest BCUT2D eigenvalue weighted by atomic mass is 32.1. The highest BCUT2D eigenvalue weighted by molar-refractivity contribution is 7.15. The number of rotatable bonds is 8. The van der Waals surface area contributed by atoms with Gasteiger partial charge in [0.15, 0.2) is 0 Å². The van der Waals surface area contributed by atoms with Crippen LogP contribution in [0.25, 0.3) is 21.3 Å². The van der Waals surface area contributed by atoms with Gasteiger partial charge in [-0.25, -0.2) is 9.97 Å². The number of nitrogens with zero attached hydrogens (tertiary/aromatic N) is 3. The first-order valence-corrected chi connectivity index (χ1v) is 12.0. The Morgan fingerprint density at radius 2 is 2.06 bits per heavy atom. The van der Waals surface area contributed by atoms with Crippen molar-refractivity contribution in [3.63, 3.8) is 0 Å². The number of amides is 1. The summed E-state index contributed by atoms with van der Waals surface area (Å²) in [4.78, 5) is 27.4. The van der Waals surface area contributed by atoms with Crippen molar-refractivity contribution in [3.05, 3.63) is 101 Å². The monoisotopic (exact) mass is 481 g/mol. The molecule has 4 rings (SSSR count). The predicted octanol–water partition coefficient (Wildman–Crippen LogP) is 5.81. The molecule has 4 aromatic rings. The number of nitrogen functional groups attached to an aromatic ring is 1. The topological polar surface area (TPSA) is 93.3 Å². The summed E-state index contributed by atoms with van der Waals surface area (Å²) in [7, 11) is 0. The first kappa shape index (κ1) is 24.0. The maximum absolute atomic E-state index is 13.2. The molecule has 0 saturated carbocycles. The lowest BCUT2D eigenvalue weighted by Crippen LogP contribution is -2.28. The number of aryl methyl sites for hydroxylation is 1. The smallest absolute Gasteiger partial charge is 0.248 e. The van der Waals surface area contributed by atoms with Gasteiger partial charge in [-0.05, 0) is 62.0 Å². The molecule has 0 fully saturated rings. The van der Waals surface area contributed by atoms with Crippen LogP contribution in [0.5, 0.6) is 0 Å². The number of thiophene rings is 1. The van der Waals surface area contributed by atoms with E-state index in [-0.39, 0.29) is 11.9 Å². The van der Waals surface area contributed by atoms with Crippen LogP contribution in [-0.4, -0.2) is 22.6 Å². The maximum Gasteiger partial charge on any atom is 0.248 e. The van der Waals surface area contributed by atoms with E-state index in [9.17, 15) is 4.79 Å². The van der Waals surface area contributed by atoms with E-state index in [0.29, 0.717) is 17.8 Å². The zero-order valence-corrected chi connectivity index (χ0v) is 20.5. The van der Waals surface area contributed by atoms with Gasteiger partial charge in [-0.1, -0.05) is 42.0 Å². The Labute approximate surface area is 209 Å². The lowest BCUT2D eigenvalue weighted by Gasteiger charge is -2.16. The largest absolute Gasteiger partial charge is 0.383 e. The van der Waals surface area contributed by atoms with Gasteiger partial charge in [0.1, 0.15) is 12.1 Å². The number of hydrogen-bond acceptors (Lipinski definition) is 6. The Kier molecular flexibility index (Phi) is 7.48. The highest BCUT2D eigenvalue weighted by Crippen LogP contribution is 2.32. The van der Waals surface area contributed by atoms with Crippen molar-refractivity contribution >= 4 is 40.7 Å². The molecule has 1 atom stereocenters. The van der Waals surface area contributed by atoms with E-state index in [1.54, 1.807) is 29.7 Å². The number of anilines is 1. The predicted molar refractivity (Wildman–Crippen MR) is 145 cm³/mol. The zero-order valence-electron chi connectivity index (χ0n) is 19.7. The van der Waals surface area contributed by atoms with Crippen molar-refractivity contribution in [2.75, 3.05) is 5.73 Å². The van der Waals surface area contributed by atoms with Crippen LogP contribution in [0.4, 0.5) is 5.82 Å². The number of nitrogens with two attached hydrogens (primary N) is 1. The number of allylic oxidation sites excluding steroid dienone is 2. The fourth-order valence-electron chi connectivity index (χ4n) is 3.79. The Morgan fingerprint density at radius 1 is 1.20 bits per heavy atom. The quantitative estimate of drug-likeness (QED) is 0.189. The number of nitrogens with one attached hydrogen (secondary N) is 1. The van der Waals surface area contributed by atoms with Gasteiger partial charge >= 0.3 is 0 Å². The van der Waals surface area contributed by atoms with Gasteiger partial charge in [-0.3, -0.25) is 9.79 Å². The Morgan fingerprint density at radius 3 is 2.86 bits per heavy atom. The van der Waals surface area contributed by atoms with Crippen LogP contribution in [0.3, 0.4) is 0 Å². The molecule has 1 amide bonds. The molecule has 0 aliphatic rings. The van der Waals surface area contributed by atoms with Crippen LogP contribution in [-0.2, 0) is 11.2 Å². The molecule has 2 heterocycles. The van der Waals surface area contributed by atoms with E-state index in [2.05, 4.69) is 45.2 Å². The van der Waals surface area contributed by atoms with Gasteiger partial charge in [0.25, 0.3) is 0 Å². The van der Waals surface area contributed by atoms with E-state index in [0.717, 1.165) is 37.3 Å². The van der Waals surface area contributed by atoms with Gasteiger partial charge < -0.3 is 11.1 Å². The van der Waals surface area contributed by atoms with Crippen molar-refractivity contribution in [3.8, 4) is 10.4 Å². The number of aliphatic imine (C=N–C) groups is 1. The van der Waals surface area contributed by atoms with Gasteiger partial charge in [-0.2, -0.15) is 0 Å². The third kappa shape index (κ3) is 5.88. The van der Waals surface area contributed by atoms with Crippen molar-refractivity contribution in [2.24, 2.45) is 4.99 Å². The van der Waals surface area contributed by atoms with Gasteiger partial charge in [0.05, 0.1) is 11.6 Å². The zero-order chi connectivity index (χ0) is 24.8. The first-order valence-electron chi connectivity index (χ1n) is 11.2. The van der Waals surface area contributed by atoms with Crippen LogP contribution in [0.15, 0.2) is 89.8 Å². The Bertz CT molecular complexity index is 1440. The van der Waals surface area contributed by atoms with Gasteiger partial charge in [-0.15, -0.1) is 11.3 Å². The third-order valence-electron chi connectivity index (χ3n) is 5.65. The number of benzene rings is 2. The van der Waals surface area contributed by atoms with E-state index < -0.39 is 0 Å². The van der Waals surface area contributed by atoms with Crippen LogP contribution in [0, 0.1) is 6.92 Å². The molecular weight excluding hydrogens is 454 g/mol. The summed E-state index contributed by atoms with van der Waals surface area (Å²) in [5.41, 5.74) is 10.8. The average molecular weight is 482 g/mol. The molecule has 0 radical (unpaired) electrons. The number of carbonyl (C=O) groups is 1. The number of carbonyl (C=O) groups excluding carboxylic acids is 1. The molecular formula is C28H27N5OS. The van der Waals surface area contributed by atoms with E-state index in [1.165, 1.54) is 6.33 Å². The average Bonchev–Trinajstić information content (AvgIpc) is 3.32. The Balaban J connectivity index is 1.55. The van der Waals surface area contributed by atoms with Crippen LogP contribution in [0.1, 0.15) is 29.0 Å². The van der Waals surface area contributed by atoms with Gasteiger partial charge in [0, 0.05) is 33.3 Å². The van der Waals surface area contributed by atoms with Crippen molar-refractivity contribution in [1.82, 2.24) is 15.3 Å². The minimum atomic E-state index is -0.114. The summed E-state index contributed by atoms with van der Waals surface area (Å²) >= 11 is 1.64. The lowest BCUT2D eigenvalue weighted by atomic mass is 10.0. The van der Waals surface area contributed by atoms with Crippen LogP contribution in [0.2, 0.25) is 0 Å². The molecule has 7 heteroatoms. The van der Waals surface area contributed by atoms with Crippen molar-refractivity contribution in [2.45, 2.75) is 26.3 Å². The fraction of sp³-hybridized carbons (Fsp3) is 0.143. The molecule has 2 aromatic heterocycles. The summed E-state index contributed by atoms with van der Waals surface area (Å²) in [5.74, 6) is 0.346. The minimum absolute atomic E-state index is 0.113. The highest BCUT2D eigenvalue weighted by Gasteiger charge is 2.16. The third-order valence-corrected chi connectivity index (χ3v) is 6.78. The van der Waals surface area contributed by atoms with E-state index >= 15 is 0 Å². The number of fused-ring (bicyclic) bond motifs is 1. The van der Waals surface area contributed by atoms with Crippen LogP contribution < -0.4 is 11.1 Å². The summed E-state index contributed by atoms with van der Waals surface area (Å²) in [6, 6.07) is 18.1. The molecule has 0 saturated heterocycles. The second kappa shape index (κ2) is 10.9. The molecule has 0 aliphatic carbocycles. The molecule has 3 N–H and O–H groups in total. The van der Waals surface area contributed by atoms with Gasteiger partial charge in [0.2, 0.25) is 5.91 Å². The number of hydrogen-bond donors (Lipinski definition) is 2. The molecule has 0 bridgehead atoms. The Hall–Kier alpha value is -4.10. The summed E-state index contributed by atoms with van der Waals surface area (Å²) in [5, 5.41) is 3.95. The minimum Gasteiger partial charge on any atom is -0.383 e. The van der Waals surface area contributed by atoms with Crippen molar-refractivity contribution < 1.29 is 4.79 Å². The standard InChI is InChI=1S/C28H27N5OS/c1-18-6-4-7-20(14-18)19(2)33-28(34)22(8-5-13-30-3)15-23-10-12-26(35-23)21-9-11-25-24(16-21)27(29)32-17-31-25/h4-14,16-17,19H,3,15H2,1-2H3,(H,33,34)(H2,29,31,32)/b13-5-,22-8+. The summed E-state index contributed by atoms with van der Waals surface area (Å²) in [6.45, 7) is 7.50. The molecule has 0 aliphatic heterocycles. The summed E-state index contributed by atoms with van der Waals surface area (Å²) in [6.07, 6.45) is 7.06. The number of aromatic nitrogens is 2. The summed E-state index contributed by atoms with van der Waals surface area (Å²) < 4.78 is 0. The first-order chi connectivity index (χ1) is 16.9. The van der Waals surface area contributed by atoms with Crippen molar-refractivity contribution in [1.29, 1.82) is 0 Å².